The number of nitrogens with zero attached hydrogens (tertiary/aromatic N) is 4. The summed E-state index contributed by atoms with van der Waals surface area (Å²) < 4.78 is 18.8. The van der Waals surface area contributed by atoms with Crippen molar-refractivity contribution in [2.75, 3.05) is 25.1 Å². The second-order valence-electron chi connectivity index (χ2n) is 8.30. The summed E-state index contributed by atoms with van der Waals surface area (Å²) in [6.45, 7) is 5.71. The molecule has 2 aliphatic heterocycles. The van der Waals surface area contributed by atoms with E-state index in [-0.39, 0.29) is 28.8 Å². The van der Waals surface area contributed by atoms with Crippen LogP contribution in [0.2, 0.25) is 0 Å². The van der Waals surface area contributed by atoms with Crippen LogP contribution in [-0.2, 0) is 0 Å². The van der Waals surface area contributed by atoms with Crippen molar-refractivity contribution in [2.45, 2.75) is 44.2 Å². The van der Waals surface area contributed by atoms with Gasteiger partial charge in [-0.2, -0.15) is 0 Å². The number of amides is 1. The Hall–Kier alpha value is -2.70. The van der Waals surface area contributed by atoms with Gasteiger partial charge >= 0.3 is 6.01 Å². The minimum atomic E-state index is -0.271. The predicted octanol–water partition coefficient (Wildman–Crippen LogP) is 3.29. The smallest absolute Gasteiger partial charge is 0.316 e. The number of benzene rings is 1. The number of ether oxygens (including phenoxy) is 1. The summed E-state index contributed by atoms with van der Waals surface area (Å²) in [7, 11) is 1.49. The van der Waals surface area contributed by atoms with Crippen molar-refractivity contribution >= 4 is 11.6 Å². The van der Waals surface area contributed by atoms with Crippen LogP contribution in [0.15, 0.2) is 36.7 Å². The molecule has 0 aliphatic carbocycles. The van der Waals surface area contributed by atoms with E-state index in [1.807, 2.05) is 11.0 Å². The molecular weight excluding hydrogens is 359 g/mol. The molecule has 1 spiro atoms. The molecule has 1 amide bonds. The maximum atomic E-state index is 13.8. The minimum Gasteiger partial charge on any atom is -0.467 e. The van der Waals surface area contributed by atoms with E-state index in [0.717, 1.165) is 24.9 Å². The molecule has 3 heterocycles. The third-order valence-corrected chi connectivity index (χ3v) is 5.96. The van der Waals surface area contributed by atoms with Gasteiger partial charge in [-0.3, -0.25) is 4.79 Å². The summed E-state index contributed by atoms with van der Waals surface area (Å²) in [6.07, 6.45) is 5.76. The standard InChI is InChI=1S/C21H25FN4O2/c1-20(2)13-21(14-26(20)17-7-4-6-16(22)10-17)8-5-9-25(21)18(27)15-11-23-19(28-3)24-12-15/h4,6-7,10-12H,5,8-9,13-14H2,1-3H3. The van der Waals surface area contributed by atoms with E-state index in [2.05, 4.69) is 28.7 Å². The molecule has 1 aromatic heterocycles. The number of carbonyl (C=O) groups excluding carboxylic acids is 1. The molecule has 2 saturated heterocycles. The van der Waals surface area contributed by atoms with Crippen LogP contribution in [0.4, 0.5) is 10.1 Å². The zero-order chi connectivity index (χ0) is 19.9. The zero-order valence-corrected chi connectivity index (χ0v) is 16.5. The Labute approximate surface area is 164 Å². The highest BCUT2D eigenvalue weighted by molar-refractivity contribution is 5.94. The fourth-order valence-corrected chi connectivity index (χ4v) is 4.84. The lowest BCUT2D eigenvalue weighted by Gasteiger charge is -2.35. The largest absolute Gasteiger partial charge is 0.467 e. The van der Waals surface area contributed by atoms with E-state index >= 15 is 0 Å². The fourth-order valence-electron chi connectivity index (χ4n) is 4.84. The molecule has 28 heavy (non-hydrogen) atoms. The van der Waals surface area contributed by atoms with Gasteiger partial charge in [-0.1, -0.05) is 6.07 Å². The number of methoxy groups -OCH3 is 1. The summed E-state index contributed by atoms with van der Waals surface area (Å²) >= 11 is 0. The lowest BCUT2D eigenvalue weighted by molar-refractivity contribution is 0.0616. The molecular formula is C21H25FN4O2. The number of likely N-dealkylation sites (tertiary alicyclic amines) is 1. The predicted molar refractivity (Wildman–Crippen MR) is 104 cm³/mol. The third kappa shape index (κ3) is 3.08. The highest BCUT2D eigenvalue weighted by Crippen LogP contribution is 2.47. The summed E-state index contributed by atoms with van der Waals surface area (Å²) in [5.41, 5.74) is 0.859. The number of rotatable bonds is 3. The van der Waals surface area contributed by atoms with Crippen molar-refractivity contribution in [1.29, 1.82) is 0 Å². The van der Waals surface area contributed by atoms with Gasteiger partial charge in [-0.05, 0) is 51.3 Å². The molecule has 0 radical (unpaired) electrons. The third-order valence-electron chi connectivity index (χ3n) is 5.96. The van der Waals surface area contributed by atoms with Crippen LogP contribution in [-0.4, -0.2) is 52.1 Å². The van der Waals surface area contributed by atoms with Gasteiger partial charge in [-0.25, -0.2) is 14.4 Å². The first kappa shape index (κ1) is 18.7. The molecule has 0 saturated carbocycles. The topological polar surface area (TPSA) is 58.6 Å². The monoisotopic (exact) mass is 384 g/mol. The van der Waals surface area contributed by atoms with E-state index in [1.54, 1.807) is 12.1 Å². The molecule has 0 bridgehead atoms. The van der Waals surface area contributed by atoms with Crippen LogP contribution < -0.4 is 9.64 Å². The summed E-state index contributed by atoms with van der Waals surface area (Å²) in [5.74, 6) is -0.305. The molecule has 2 fully saturated rings. The van der Waals surface area contributed by atoms with Gasteiger partial charge in [-0.15, -0.1) is 0 Å². The first-order valence-electron chi connectivity index (χ1n) is 9.56. The highest BCUT2D eigenvalue weighted by atomic mass is 19.1. The number of hydrogen-bond acceptors (Lipinski definition) is 5. The van der Waals surface area contributed by atoms with E-state index in [1.165, 1.54) is 25.6 Å². The van der Waals surface area contributed by atoms with E-state index in [0.29, 0.717) is 18.7 Å². The van der Waals surface area contributed by atoms with Crippen molar-refractivity contribution < 1.29 is 13.9 Å². The summed E-state index contributed by atoms with van der Waals surface area (Å²) in [6, 6.07) is 6.93. The molecule has 2 aromatic rings. The van der Waals surface area contributed by atoms with Crippen LogP contribution >= 0.6 is 0 Å². The Balaban J connectivity index is 1.63. The lowest BCUT2D eigenvalue weighted by atomic mass is 9.87. The SMILES string of the molecule is COc1ncc(C(=O)N2CCCC23CN(c2cccc(F)c2)C(C)(C)C3)cn1. The van der Waals surface area contributed by atoms with Crippen LogP contribution in [0, 0.1) is 5.82 Å². The van der Waals surface area contributed by atoms with Crippen molar-refractivity contribution in [3.05, 3.63) is 48.0 Å². The average molecular weight is 384 g/mol. The second kappa shape index (κ2) is 6.72. The van der Waals surface area contributed by atoms with Gasteiger partial charge in [0.05, 0.1) is 18.2 Å². The van der Waals surface area contributed by atoms with Crippen molar-refractivity contribution in [2.24, 2.45) is 0 Å². The van der Waals surface area contributed by atoms with Gasteiger partial charge in [0.1, 0.15) is 5.82 Å². The number of aromatic nitrogens is 2. The van der Waals surface area contributed by atoms with Crippen molar-refractivity contribution in [3.8, 4) is 6.01 Å². The Morgan fingerprint density at radius 2 is 2.00 bits per heavy atom. The quantitative estimate of drug-likeness (QED) is 0.813. The number of halogens is 1. The van der Waals surface area contributed by atoms with Crippen molar-refractivity contribution in [3.63, 3.8) is 0 Å². The molecule has 2 aliphatic rings. The van der Waals surface area contributed by atoms with Crippen LogP contribution in [0.25, 0.3) is 0 Å². The second-order valence-corrected chi connectivity index (χ2v) is 8.30. The Bertz CT molecular complexity index is 886. The van der Waals surface area contributed by atoms with Crippen LogP contribution in [0.3, 0.4) is 0 Å². The van der Waals surface area contributed by atoms with E-state index < -0.39 is 0 Å². The molecule has 6 nitrogen and oxygen atoms in total. The molecule has 1 atom stereocenters. The summed E-state index contributed by atoms with van der Waals surface area (Å²) in [4.78, 5) is 25.6. The zero-order valence-electron chi connectivity index (χ0n) is 16.5. The first-order chi connectivity index (χ1) is 13.3. The number of anilines is 1. The lowest BCUT2D eigenvalue weighted by Crippen LogP contribution is -2.49. The fraction of sp³-hybridized carbons (Fsp3) is 0.476. The van der Waals surface area contributed by atoms with Gasteiger partial charge in [0.25, 0.3) is 5.91 Å². The summed E-state index contributed by atoms with van der Waals surface area (Å²) in [5, 5.41) is 0. The average Bonchev–Trinajstić information content (AvgIpc) is 3.20. The highest BCUT2D eigenvalue weighted by Gasteiger charge is 2.55. The molecule has 7 heteroatoms. The molecule has 1 unspecified atom stereocenters. The first-order valence-corrected chi connectivity index (χ1v) is 9.56. The van der Waals surface area contributed by atoms with Gasteiger partial charge in [0.15, 0.2) is 0 Å². The Morgan fingerprint density at radius 1 is 1.25 bits per heavy atom. The van der Waals surface area contributed by atoms with Gasteiger partial charge in [0, 0.05) is 36.7 Å². The molecule has 0 N–H and O–H groups in total. The molecule has 4 rings (SSSR count). The maximum absolute atomic E-state index is 13.8. The minimum absolute atomic E-state index is 0.0583. The van der Waals surface area contributed by atoms with E-state index in [4.69, 9.17) is 4.74 Å². The Morgan fingerprint density at radius 3 is 2.68 bits per heavy atom. The number of carbonyl (C=O) groups is 1. The van der Waals surface area contributed by atoms with Gasteiger partial charge in [0.2, 0.25) is 0 Å². The molecule has 148 valence electrons. The number of hydrogen-bond donors (Lipinski definition) is 0. The van der Waals surface area contributed by atoms with Crippen LogP contribution in [0.1, 0.15) is 43.5 Å². The normalized spacial score (nSPS) is 23.4. The Kier molecular flexibility index (Phi) is 4.48. The van der Waals surface area contributed by atoms with Crippen molar-refractivity contribution in [1.82, 2.24) is 14.9 Å². The molecule has 1 aromatic carbocycles. The van der Waals surface area contributed by atoms with E-state index in [9.17, 15) is 9.18 Å². The maximum Gasteiger partial charge on any atom is 0.316 e. The van der Waals surface area contributed by atoms with Gasteiger partial charge < -0.3 is 14.5 Å². The van der Waals surface area contributed by atoms with Crippen LogP contribution in [0.5, 0.6) is 6.01 Å².